The van der Waals surface area contributed by atoms with E-state index in [1.165, 1.54) is 22.8 Å². The lowest BCUT2D eigenvalue weighted by molar-refractivity contribution is -0.139. The molecule has 0 fully saturated rings. The summed E-state index contributed by atoms with van der Waals surface area (Å²) in [4.78, 5) is 44.0. The Morgan fingerprint density at radius 3 is 2.32 bits per heavy atom. The second-order valence-corrected chi connectivity index (χ2v) is 11.1. The number of allylic oxidation sites excluding steroid dienone is 1. The molecule has 0 amide bonds. The number of para-hydroxylation sites is 1. The average molecular weight is 605 g/mol. The molecule has 1 atom stereocenters. The van der Waals surface area contributed by atoms with Crippen LogP contribution in [0.4, 0.5) is 0 Å². The lowest BCUT2D eigenvalue weighted by atomic mass is 9.96. The molecule has 0 saturated carbocycles. The molecule has 0 saturated heterocycles. The van der Waals surface area contributed by atoms with E-state index in [1.807, 2.05) is 72.9 Å². The summed E-state index contributed by atoms with van der Waals surface area (Å²) >= 11 is 1.24. The fourth-order valence-electron chi connectivity index (χ4n) is 5.16. The number of thiazole rings is 1. The van der Waals surface area contributed by atoms with E-state index in [-0.39, 0.29) is 17.7 Å². The normalized spacial score (nSPS) is 14.6. The van der Waals surface area contributed by atoms with E-state index < -0.39 is 18.0 Å². The van der Waals surface area contributed by atoms with Crippen LogP contribution >= 0.6 is 11.3 Å². The van der Waals surface area contributed by atoms with E-state index in [9.17, 15) is 14.4 Å². The summed E-state index contributed by atoms with van der Waals surface area (Å²) in [5, 5.41) is 4.87. The van der Waals surface area contributed by atoms with Gasteiger partial charge in [-0.25, -0.2) is 14.5 Å². The molecule has 0 bridgehead atoms. The van der Waals surface area contributed by atoms with Gasteiger partial charge < -0.3 is 9.47 Å². The maximum Gasteiger partial charge on any atom is 0.338 e. The van der Waals surface area contributed by atoms with Crippen LogP contribution in [0.1, 0.15) is 37.9 Å². The molecule has 0 spiro atoms. The Morgan fingerprint density at radius 1 is 0.977 bits per heavy atom. The number of carbonyl (C=O) groups excluding carboxylic acids is 2. The first-order valence-electron chi connectivity index (χ1n) is 14.0. The van der Waals surface area contributed by atoms with Crippen LogP contribution in [0.5, 0.6) is 5.75 Å². The predicted octanol–water partition coefficient (Wildman–Crippen LogP) is 4.58. The third-order valence-corrected chi connectivity index (χ3v) is 8.05. The number of hydrogen-bond donors (Lipinski definition) is 0. The summed E-state index contributed by atoms with van der Waals surface area (Å²) in [6.45, 7) is 4.96. The van der Waals surface area contributed by atoms with Crippen molar-refractivity contribution in [2.45, 2.75) is 26.8 Å². The topological polar surface area (TPSA) is 105 Å². The van der Waals surface area contributed by atoms with Crippen LogP contribution in [0, 0.1) is 0 Å². The zero-order valence-electron chi connectivity index (χ0n) is 24.3. The Bertz CT molecular complexity index is 2080. The smallest absolute Gasteiger partial charge is 0.338 e. The molecular weight excluding hydrogens is 576 g/mol. The van der Waals surface area contributed by atoms with Crippen molar-refractivity contribution >= 4 is 29.4 Å². The molecular formula is C34H28N4O5S. The van der Waals surface area contributed by atoms with E-state index >= 15 is 0 Å². The second-order valence-electron chi connectivity index (χ2n) is 10.0. The van der Waals surface area contributed by atoms with Crippen LogP contribution in [0.3, 0.4) is 0 Å². The lowest BCUT2D eigenvalue weighted by Crippen LogP contribution is -2.39. The third-order valence-electron chi connectivity index (χ3n) is 7.07. The molecule has 220 valence electrons. The van der Waals surface area contributed by atoms with Gasteiger partial charge in [-0.2, -0.15) is 5.10 Å². The van der Waals surface area contributed by atoms with Crippen molar-refractivity contribution in [2.75, 3.05) is 6.61 Å². The minimum absolute atomic E-state index is 0.172. The zero-order chi connectivity index (χ0) is 30.8. The third kappa shape index (κ3) is 5.55. The van der Waals surface area contributed by atoms with Gasteiger partial charge in [0, 0.05) is 24.2 Å². The molecule has 5 aromatic rings. The summed E-state index contributed by atoms with van der Waals surface area (Å²) in [5.74, 6) is -0.636. The highest BCUT2D eigenvalue weighted by molar-refractivity contribution is 7.07. The summed E-state index contributed by atoms with van der Waals surface area (Å²) in [7, 11) is 0. The van der Waals surface area contributed by atoms with Crippen LogP contribution in [0.25, 0.3) is 23.0 Å². The molecule has 2 aromatic heterocycles. The van der Waals surface area contributed by atoms with Gasteiger partial charge in [-0.05, 0) is 49.8 Å². The Hall–Kier alpha value is -5.35. The summed E-state index contributed by atoms with van der Waals surface area (Å²) in [6.07, 6.45) is 3.72. The van der Waals surface area contributed by atoms with E-state index in [1.54, 1.807) is 42.8 Å². The Morgan fingerprint density at radius 2 is 1.66 bits per heavy atom. The van der Waals surface area contributed by atoms with Crippen molar-refractivity contribution in [1.82, 2.24) is 14.3 Å². The van der Waals surface area contributed by atoms with Crippen molar-refractivity contribution in [1.29, 1.82) is 0 Å². The summed E-state index contributed by atoms with van der Waals surface area (Å²) in [6, 6.07) is 25.5. The molecule has 1 aliphatic heterocycles. The number of aromatic nitrogens is 3. The second kappa shape index (κ2) is 12.1. The van der Waals surface area contributed by atoms with Crippen molar-refractivity contribution in [2.24, 2.45) is 4.99 Å². The molecule has 3 heterocycles. The molecule has 6 rings (SSSR count). The van der Waals surface area contributed by atoms with E-state index in [4.69, 9.17) is 14.6 Å². The van der Waals surface area contributed by atoms with Gasteiger partial charge in [-0.3, -0.25) is 14.2 Å². The zero-order valence-corrected chi connectivity index (χ0v) is 25.1. The molecule has 0 aliphatic carbocycles. The molecule has 0 radical (unpaired) electrons. The molecule has 44 heavy (non-hydrogen) atoms. The minimum atomic E-state index is -0.792. The standard InChI is InChI=1S/C34H28N4O5S/c1-4-42-33(41)29-21(2)35-34-38(31(29)24-15-17-27(18-16-24)43-22(3)39)32(40)28(44-34)19-25-20-37(26-13-9-6-10-14-26)36-30(25)23-11-7-5-8-12-23/h5-20,31H,4H2,1-3H3/b28-19-. The van der Waals surface area contributed by atoms with Gasteiger partial charge in [0.1, 0.15) is 5.75 Å². The van der Waals surface area contributed by atoms with Crippen molar-refractivity contribution in [3.8, 4) is 22.7 Å². The highest BCUT2D eigenvalue weighted by atomic mass is 32.1. The summed E-state index contributed by atoms with van der Waals surface area (Å²) in [5.41, 5.74) is 4.36. The Labute approximate surface area is 256 Å². The first-order chi connectivity index (χ1) is 21.3. The number of hydrogen-bond acceptors (Lipinski definition) is 8. The Balaban J connectivity index is 1.53. The van der Waals surface area contributed by atoms with Crippen LogP contribution in [0.2, 0.25) is 0 Å². The van der Waals surface area contributed by atoms with Gasteiger partial charge in [-0.1, -0.05) is 72.0 Å². The van der Waals surface area contributed by atoms with Crippen LogP contribution in [-0.2, 0) is 14.3 Å². The maximum atomic E-state index is 14.2. The van der Waals surface area contributed by atoms with Gasteiger partial charge in [0.25, 0.3) is 5.56 Å². The van der Waals surface area contributed by atoms with Crippen molar-refractivity contribution in [3.63, 3.8) is 0 Å². The predicted molar refractivity (Wildman–Crippen MR) is 167 cm³/mol. The van der Waals surface area contributed by atoms with Crippen molar-refractivity contribution < 1.29 is 19.1 Å². The highest BCUT2D eigenvalue weighted by Crippen LogP contribution is 2.32. The quantitative estimate of drug-likeness (QED) is 0.199. The number of ether oxygens (including phenoxy) is 2. The van der Waals surface area contributed by atoms with E-state index in [0.29, 0.717) is 26.3 Å². The average Bonchev–Trinajstić information content (AvgIpc) is 3.58. The molecule has 10 heteroatoms. The number of esters is 2. The van der Waals surface area contributed by atoms with Gasteiger partial charge in [-0.15, -0.1) is 0 Å². The first kappa shape index (κ1) is 28.8. The number of rotatable bonds is 7. The van der Waals surface area contributed by atoms with E-state index in [2.05, 4.69) is 4.99 Å². The SMILES string of the molecule is CCOC(=O)C1=C(C)N=c2s/c(=C\c3cn(-c4ccccc4)nc3-c3ccccc3)c(=O)n2C1c1ccc(OC(C)=O)cc1. The monoisotopic (exact) mass is 604 g/mol. The summed E-state index contributed by atoms with van der Waals surface area (Å²) < 4.78 is 14.3. The molecule has 1 aliphatic rings. The van der Waals surface area contributed by atoms with Gasteiger partial charge in [0.15, 0.2) is 4.80 Å². The fraction of sp³-hybridized carbons (Fsp3) is 0.147. The molecule has 3 aromatic carbocycles. The minimum Gasteiger partial charge on any atom is -0.463 e. The highest BCUT2D eigenvalue weighted by Gasteiger charge is 2.33. The van der Waals surface area contributed by atoms with Gasteiger partial charge in [0.2, 0.25) is 0 Å². The number of benzene rings is 3. The fourth-order valence-corrected chi connectivity index (χ4v) is 6.20. The largest absolute Gasteiger partial charge is 0.463 e. The maximum absolute atomic E-state index is 14.2. The van der Waals surface area contributed by atoms with Gasteiger partial charge in [0.05, 0.1) is 39.8 Å². The molecule has 9 nitrogen and oxygen atoms in total. The number of fused-ring (bicyclic) bond motifs is 1. The van der Waals surface area contributed by atoms with Gasteiger partial charge >= 0.3 is 11.9 Å². The lowest BCUT2D eigenvalue weighted by Gasteiger charge is -2.24. The van der Waals surface area contributed by atoms with Crippen LogP contribution in [0.15, 0.2) is 112 Å². The number of nitrogens with zero attached hydrogens (tertiary/aromatic N) is 4. The van der Waals surface area contributed by atoms with Crippen molar-refractivity contribution in [3.05, 3.63) is 133 Å². The number of carbonyl (C=O) groups is 2. The first-order valence-corrected chi connectivity index (χ1v) is 14.8. The van der Waals surface area contributed by atoms with E-state index in [0.717, 1.165) is 22.5 Å². The molecule has 1 unspecified atom stereocenters. The molecule has 0 N–H and O–H groups in total. The van der Waals surface area contributed by atoms with Crippen LogP contribution < -0.4 is 19.6 Å². The Kier molecular flexibility index (Phi) is 7.91. The van der Waals surface area contributed by atoms with Crippen LogP contribution in [-0.4, -0.2) is 32.9 Å².